The van der Waals surface area contributed by atoms with E-state index in [-0.39, 0.29) is 12.2 Å². The van der Waals surface area contributed by atoms with E-state index < -0.39 is 12.3 Å². The van der Waals surface area contributed by atoms with Crippen LogP contribution in [0.2, 0.25) is 0 Å². The average Bonchev–Trinajstić information content (AvgIpc) is 1.98. The van der Waals surface area contributed by atoms with Crippen LogP contribution >= 0.6 is 0 Å². The molecular formula is C8H18O8. The molecule has 0 radical (unpaired) electrons. The molecule has 0 bridgehead atoms. The Morgan fingerprint density at radius 1 is 0.812 bits per heavy atom. The van der Waals surface area contributed by atoms with Crippen molar-refractivity contribution in [1.29, 1.82) is 0 Å². The van der Waals surface area contributed by atoms with Gasteiger partial charge in [0.1, 0.15) is 0 Å². The van der Waals surface area contributed by atoms with Crippen molar-refractivity contribution in [1.82, 2.24) is 0 Å². The second kappa shape index (κ2) is 13.5. The smallest absolute Gasteiger partial charge is 0.447 e. The fraction of sp³-hybridized carbons (Fsp3) is 0.750. The molecule has 0 saturated heterocycles. The Kier molecular flexibility index (Phi) is 16.8. The first kappa shape index (κ1) is 19.9. The summed E-state index contributed by atoms with van der Waals surface area (Å²) >= 11 is 0. The predicted octanol–water partition coefficient (Wildman–Crippen LogP) is 1.06. The topological polar surface area (TPSA) is 134 Å². The number of hydrogen-bond donors (Lipinski definition) is 4. The Hall–Kier alpha value is -1.54. The third-order valence-electron chi connectivity index (χ3n) is 0.184. The minimum Gasteiger partial charge on any atom is -0.447 e. The van der Waals surface area contributed by atoms with Gasteiger partial charge in [-0.2, -0.15) is 0 Å². The van der Waals surface area contributed by atoms with E-state index in [1.807, 2.05) is 0 Å². The first-order valence-electron chi connectivity index (χ1n) is 4.26. The van der Waals surface area contributed by atoms with Gasteiger partial charge in [-0.1, -0.05) is 0 Å². The van der Waals surface area contributed by atoms with Gasteiger partial charge in [-0.3, -0.25) is 0 Å². The number of aliphatic hydroxyl groups is 2. The molecule has 0 rings (SSSR count). The lowest BCUT2D eigenvalue weighted by Crippen LogP contribution is -2.05. The maximum atomic E-state index is 9.29. The lowest BCUT2D eigenvalue weighted by Gasteiger charge is -1.89. The standard InChI is InChI=1S/2C3H8O.C2H2O6/c2*1-3(2)4;3-1(4)7-8-2(5)6/h2*3-4H,1-2H3;(H,3,4)(H,5,6). The van der Waals surface area contributed by atoms with Gasteiger partial charge < -0.3 is 20.4 Å². The number of carbonyl (C=O) groups is 2. The molecule has 0 aromatic carbocycles. The van der Waals surface area contributed by atoms with Crippen LogP contribution < -0.4 is 0 Å². The van der Waals surface area contributed by atoms with Crippen LogP contribution in [0.5, 0.6) is 0 Å². The maximum absolute atomic E-state index is 9.29. The fourth-order valence-corrected chi connectivity index (χ4v) is 0.0713. The van der Waals surface area contributed by atoms with Crippen LogP contribution in [0.1, 0.15) is 27.7 Å². The zero-order chi connectivity index (χ0) is 13.7. The molecule has 8 nitrogen and oxygen atoms in total. The lowest BCUT2D eigenvalue weighted by molar-refractivity contribution is -0.208. The fourth-order valence-electron chi connectivity index (χ4n) is 0.0713. The number of rotatable bonds is 0. The van der Waals surface area contributed by atoms with E-state index in [2.05, 4.69) is 9.78 Å². The van der Waals surface area contributed by atoms with Gasteiger partial charge in [0.25, 0.3) is 0 Å². The minimum atomic E-state index is -1.80. The molecular weight excluding hydrogens is 224 g/mol. The van der Waals surface area contributed by atoms with Gasteiger partial charge in [-0.25, -0.2) is 19.4 Å². The summed E-state index contributed by atoms with van der Waals surface area (Å²) in [6.07, 6.45) is -3.93. The molecule has 0 aromatic heterocycles. The third-order valence-corrected chi connectivity index (χ3v) is 0.184. The first-order chi connectivity index (χ1) is 7.09. The normalized spacial score (nSPS) is 8.25. The highest BCUT2D eigenvalue weighted by Gasteiger charge is 2.01. The molecule has 0 heterocycles. The van der Waals surface area contributed by atoms with Gasteiger partial charge in [0.15, 0.2) is 0 Å². The predicted molar refractivity (Wildman–Crippen MR) is 52.9 cm³/mol. The molecule has 0 aliphatic carbocycles. The van der Waals surface area contributed by atoms with Crippen molar-refractivity contribution in [2.45, 2.75) is 39.9 Å². The van der Waals surface area contributed by atoms with Crippen molar-refractivity contribution < 1.29 is 39.8 Å². The summed E-state index contributed by atoms with van der Waals surface area (Å²) in [5, 5.41) is 31.2. The van der Waals surface area contributed by atoms with Crippen LogP contribution in [0.3, 0.4) is 0 Å². The molecule has 8 heteroatoms. The number of aliphatic hydroxyl groups excluding tert-OH is 2. The molecule has 0 amide bonds. The second-order valence-corrected chi connectivity index (χ2v) is 2.89. The van der Waals surface area contributed by atoms with Gasteiger partial charge in [-0.15, -0.1) is 0 Å². The molecule has 0 saturated carbocycles. The van der Waals surface area contributed by atoms with E-state index in [1.165, 1.54) is 0 Å². The molecule has 16 heavy (non-hydrogen) atoms. The number of carboxylic acid groups (broad SMARTS) is 2. The third kappa shape index (κ3) is 137. The monoisotopic (exact) mass is 242 g/mol. The molecule has 0 atom stereocenters. The van der Waals surface area contributed by atoms with Crippen LogP contribution in [-0.2, 0) is 9.78 Å². The maximum Gasteiger partial charge on any atom is 0.547 e. The Morgan fingerprint density at radius 3 is 1.00 bits per heavy atom. The lowest BCUT2D eigenvalue weighted by atomic mass is 10.5. The van der Waals surface area contributed by atoms with E-state index in [4.69, 9.17) is 20.4 Å². The molecule has 0 aliphatic rings. The highest BCUT2D eigenvalue weighted by atomic mass is 17.2. The van der Waals surface area contributed by atoms with Gasteiger partial charge in [0.2, 0.25) is 0 Å². The molecule has 0 spiro atoms. The van der Waals surface area contributed by atoms with Gasteiger partial charge in [-0.05, 0) is 27.7 Å². The summed E-state index contributed by atoms with van der Waals surface area (Å²) in [5.74, 6) is 0. The van der Waals surface area contributed by atoms with Crippen molar-refractivity contribution >= 4 is 12.3 Å². The summed E-state index contributed by atoms with van der Waals surface area (Å²) in [5.41, 5.74) is 0. The van der Waals surface area contributed by atoms with Crippen molar-refractivity contribution in [3.05, 3.63) is 0 Å². The Balaban J connectivity index is -0.000000179. The SMILES string of the molecule is CC(C)O.CC(C)O.O=C(O)OOC(=O)O. The van der Waals surface area contributed by atoms with Gasteiger partial charge >= 0.3 is 12.3 Å². The molecule has 0 unspecified atom stereocenters. The quantitative estimate of drug-likeness (QED) is 0.366. The zero-order valence-electron chi connectivity index (χ0n) is 9.58. The van der Waals surface area contributed by atoms with E-state index in [1.54, 1.807) is 27.7 Å². The summed E-state index contributed by atoms with van der Waals surface area (Å²) in [7, 11) is 0. The molecule has 4 N–H and O–H groups in total. The van der Waals surface area contributed by atoms with Crippen LogP contribution in [0, 0.1) is 0 Å². The summed E-state index contributed by atoms with van der Waals surface area (Å²) in [4.78, 5) is 24.8. The minimum absolute atomic E-state index is 0.167. The highest BCUT2D eigenvalue weighted by Crippen LogP contribution is 1.78. The Bertz CT molecular complexity index is 151. The largest absolute Gasteiger partial charge is 0.547 e. The van der Waals surface area contributed by atoms with E-state index in [9.17, 15) is 9.59 Å². The summed E-state index contributed by atoms with van der Waals surface area (Å²) in [6, 6.07) is 0. The van der Waals surface area contributed by atoms with Crippen molar-refractivity contribution in [3.63, 3.8) is 0 Å². The van der Waals surface area contributed by atoms with E-state index in [0.717, 1.165) is 0 Å². The molecule has 0 aromatic rings. The van der Waals surface area contributed by atoms with Crippen molar-refractivity contribution in [2.75, 3.05) is 0 Å². The van der Waals surface area contributed by atoms with E-state index in [0.29, 0.717) is 0 Å². The Labute approximate surface area is 93.0 Å². The highest BCUT2D eigenvalue weighted by molar-refractivity contribution is 5.60. The van der Waals surface area contributed by atoms with E-state index >= 15 is 0 Å². The Morgan fingerprint density at radius 2 is 0.938 bits per heavy atom. The molecule has 0 fully saturated rings. The first-order valence-corrected chi connectivity index (χ1v) is 4.26. The second-order valence-electron chi connectivity index (χ2n) is 2.89. The number of hydrogen-bond acceptors (Lipinski definition) is 6. The van der Waals surface area contributed by atoms with Crippen LogP contribution in [-0.4, -0.2) is 44.9 Å². The van der Waals surface area contributed by atoms with Gasteiger partial charge in [0.05, 0.1) is 0 Å². The summed E-state index contributed by atoms with van der Waals surface area (Å²) in [6.45, 7) is 6.89. The van der Waals surface area contributed by atoms with Crippen LogP contribution in [0.25, 0.3) is 0 Å². The molecule has 0 aliphatic heterocycles. The molecule has 98 valence electrons. The van der Waals surface area contributed by atoms with Crippen molar-refractivity contribution in [3.8, 4) is 0 Å². The van der Waals surface area contributed by atoms with Crippen LogP contribution in [0.15, 0.2) is 0 Å². The van der Waals surface area contributed by atoms with Crippen molar-refractivity contribution in [2.24, 2.45) is 0 Å². The average molecular weight is 242 g/mol. The summed E-state index contributed by atoms with van der Waals surface area (Å²) < 4.78 is 0. The van der Waals surface area contributed by atoms with Crippen LogP contribution in [0.4, 0.5) is 9.59 Å². The zero-order valence-corrected chi connectivity index (χ0v) is 9.58. The van der Waals surface area contributed by atoms with Gasteiger partial charge in [0, 0.05) is 12.2 Å².